The maximum Gasteiger partial charge on any atom is 0.134 e. The first kappa shape index (κ1) is 11.2. The molecule has 0 aliphatic carbocycles. The molecule has 1 aromatic heterocycles. The highest BCUT2D eigenvalue weighted by Crippen LogP contribution is 2.22. The molecule has 0 spiro atoms. The standard InChI is InChI=1S/C14H19NO/c1-10(2)7-12(15)8-11-9-16-14-6-4-3-5-13(11)14/h3-6,9-10,12H,7-8,15H2,1-2H3. The number of hydrogen-bond acceptors (Lipinski definition) is 2. The zero-order chi connectivity index (χ0) is 11.5. The third-order valence-electron chi connectivity index (χ3n) is 2.82. The lowest BCUT2D eigenvalue weighted by atomic mass is 9.98. The minimum atomic E-state index is 0.223. The van der Waals surface area contributed by atoms with E-state index in [1.165, 1.54) is 10.9 Å². The van der Waals surface area contributed by atoms with Crippen LogP contribution < -0.4 is 5.73 Å². The molecule has 0 aliphatic heterocycles. The minimum absolute atomic E-state index is 0.223. The molecule has 1 heterocycles. The summed E-state index contributed by atoms with van der Waals surface area (Å²) in [5.41, 5.74) is 8.29. The zero-order valence-electron chi connectivity index (χ0n) is 9.94. The number of furan rings is 1. The lowest BCUT2D eigenvalue weighted by Crippen LogP contribution is -2.24. The molecule has 0 fully saturated rings. The Labute approximate surface area is 96.4 Å². The van der Waals surface area contributed by atoms with Gasteiger partial charge >= 0.3 is 0 Å². The van der Waals surface area contributed by atoms with Crippen LogP contribution in [0.1, 0.15) is 25.8 Å². The van der Waals surface area contributed by atoms with Crippen molar-refractivity contribution in [2.45, 2.75) is 32.7 Å². The maximum atomic E-state index is 6.12. The van der Waals surface area contributed by atoms with Gasteiger partial charge in [0.15, 0.2) is 0 Å². The van der Waals surface area contributed by atoms with Gasteiger partial charge in [0.05, 0.1) is 6.26 Å². The summed E-state index contributed by atoms with van der Waals surface area (Å²) >= 11 is 0. The predicted octanol–water partition coefficient (Wildman–Crippen LogP) is 3.35. The summed E-state index contributed by atoms with van der Waals surface area (Å²) in [6.07, 6.45) is 3.79. The van der Waals surface area contributed by atoms with Crippen molar-refractivity contribution in [2.24, 2.45) is 11.7 Å². The summed E-state index contributed by atoms with van der Waals surface area (Å²) in [7, 11) is 0. The van der Waals surface area contributed by atoms with Crippen molar-refractivity contribution in [3.63, 3.8) is 0 Å². The largest absolute Gasteiger partial charge is 0.464 e. The molecule has 2 N–H and O–H groups in total. The van der Waals surface area contributed by atoms with Crippen LogP contribution >= 0.6 is 0 Å². The molecule has 1 atom stereocenters. The lowest BCUT2D eigenvalue weighted by Gasteiger charge is -2.12. The Morgan fingerprint density at radius 2 is 2.00 bits per heavy atom. The van der Waals surface area contributed by atoms with Gasteiger partial charge in [0.2, 0.25) is 0 Å². The Balaban J connectivity index is 2.15. The molecule has 2 heteroatoms. The number of hydrogen-bond donors (Lipinski definition) is 1. The Hall–Kier alpha value is -1.28. The highest BCUT2D eigenvalue weighted by Gasteiger charge is 2.11. The first-order valence-electron chi connectivity index (χ1n) is 5.87. The number of benzene rings is 1. The van der Waals surface area contributed by atoms with Crippen molar-refractivity contribution in [2.75, 3.05) is 0 Å². The van der Waals surface area contributed by atoms with E-state index in [9.17, 15) is 0 Å². The summed E-state index contributed by atoms with van der Waals surface area (Å²) < 4.78 is 5.50. The van der Waals surface area contributed by atoms with Gasteiger partial charge in [-0.3, -0.25) is 0 Å². The van der Waals surface area contributed by atoms with Crippen LogP contribution in [-0.2, 0) is 6.42 Å². The molecule has 0 aliphatic rings. The summed E-state index contributed by atoms with van der Waals surface area (Å²) in [5, 5.41) is 1.20. The van der Waals surface area contributed by atoms with Crippen molar-refractivity contribution in [3.8, 4) is 0 Å². The van der Waals surface area contributed by atoms with Gasteiger partial charge in [-0.15, -0.1) is 0 Å². The average molecular weight is 217 g/mol. The van der Waals surface area contributed by atoms with Gasteiger partial charge in [-0.1, -0.05) is 32.0 Å². The van der Waals surface area contributed by atoms with Crippen LogP contribution in [0.2, 0.25) is 0 Å². The minimum Gasteiger partial charge on any atom is -0.464 e. The first-order chi connectivity index (χ1) is 7.66. The Morgan fingerprint density at radius 3 is 2.75 bits per heavy atom. The zero-order valence-corrected chi connectivity index (χ0v) is 9.94. The van der Waals surface area contributed by atoms with Crippen LogP contribution in [0.3, 0.4) is 0 Å². The Morgan fingerprint density at radius 1 is 1.25 bits per heavy atom. The van der Waals surface area contributed by atoms with Gasteiger partial charge in [-0.05, 0) is 30.4 Å². The summed E-state index contributed by atoms with van der Waals surface area (Å²) in [6, 6.07) is 8.34. The van der Waals surface area contributed by atoms with Crippen molar-refractivity contribution < 1.29 is 4.42 Å². The molecular formula is C14H19NO. The van der Waals surface area contributed by atoms with E-state index in [0.29, 0.717) is 5.92 Å². The van der Waals surface area contributed by atoms with Gasteiger partial charge in [0, 0.05) is 11.4 Å². The predicted molar refractivity (Wildman–Crippen MR) is 67.3 cm³/mol. The normalized spacial score (nSPS) is 13.5. The van der Waals surface area contributed by atoms with Gasteiger partial charge in [0.25, 0.3) is 0 Å². The monoisotopic (exact) mass is 217 g/mol. The van der Waals surface area contributed by atoms with Gasteiger partial charge < -0.3 is 10.2 Å². The highest BCUT2D eigenvalue weighted by atomic mass is 16.3. The van der Waals surface area contributed by atoms with Crippen LogP contribution in [0.25, 0.3) is 11.0 Å². The molecule has 0 radical (unpaired) electrons. The molecule has 16 heavy (non-hydrogen) atoms. The van der Waals surface area contributed by atoms with Gasteiger partial charge in [-0.25, -0.2) is 0 Å². The molecule has 0 bridgehead atoms. The second-order valence-corrected chi connectivity index (χ2v) is 4.85. The van der Waals surface area contributed by atoms with Crippen LogP contribution in [0.15, 0.2) is 34.9 Å². The quantitative estimate of drug-likeness (QED) is 0.853. The first-order valence-corrected chi connectivity index (χ1v) is 5.87. The molecule has 1 aromatic carbocycles. The van der Waals surface area contributed by atoms with Crippen LogP contribution in [0.5, 0.6) is 0 Å². The Bertz CT molecular complexity index is 458. The summed E-state index contributed by atoms with van der Waals surface area (Å²) in [5.74, 6) is 0.646. The molecule has 0 amide bonds. The van der Waals surface area contributed by atoms with Crippen molar-refractivity contribution >= 4 is 11.0 Å². The smallest absolute Gasteiger partial charge is 0.134 e. The third-order valence-corrected chi connectivity index (χ3v) is 2.82. The fourth-order valence-electron chi connectivity index (χ4n) is 2.16. The lowest BCUT2D eigenvalue weighted by molar-refractivity contribution is 0.491. The van der Waals surface area contributed by atoms with E-state index in [4.69, 9.17) is 10.2 Å². The molecule has 86 valence electrons. The second kappa shape index (κ2) is 4.71. The number of para-hydroxylation sites is 1. The number of rotatable bonds is 4. The highest BCUT2D eigenvalue weighted by molar-refractivity contribution is 5.80. The van der Waals surface area contributed by atoms with E-state index in [1.807, 2.05) is 24.5 Å². The summed E-state index contributed by atoms with van der Waals surface area (Å²) in [4.78, 5) is 0. The van der Waals surface area contributed by atoms with Crippen LogP contribution in [0.4, 0.5) is 0 Å². The van der Waals surface area contributed by atoms with Crippen molar-refractivity contribution in [1.29, 1.82) is 0 Å². The van der Waals surface area contributed by atoms with E-state index < -0.39 is 0 Å². The number of nitrogens with two attached hydrogens (primary N) is 1. The fourth-order valence-corrected chi connectivity index (χ4v) is 2.16. The van der Waals surface area contributed by atoms with Crippen molar-refractivity contribution in [3.05, 3.63) is 36.1 Å². The van der Waals surface area contributed by atoms with Gasteiger partial charge in [-0.2, -0.15) is 0 Å². The van der Waals surface area contributed by atoms with E-state index >= 15 is 0 Å². The van der Waals surface area contributed by atoms with E-state index in [0.717, 1.165) is 18.4 Å². The van der Waals surface area contributed by atoms with E-state index in [1.54, 1.807) is 0 Å². The van der Waals surface area contributed by atoms with Crippen LogP contribution in [0, 0.1) is 5.92 Å². The summed E-state index contributed by atoms with van der Waals surface area (Å²) in [6.45, 7) is 4.40. The third kappa shape index (κ3) is 2.45. The van der Waals surface area contributed by atoms with E-state index in [2.05, 4.69) is 19.9 Å². The van der Waals surface area contributed by atoms with Crippen molar-refractivity contribution in [1.82, 2.24) is 0 Å². The molecule has 2 aromatic rings. The number of fused-ring (bicyclic) bond motifs is 1. The SMILES string of the molecule is CC(C)CC(N)Cc1coc2ccccc12. The average Bonchev–Trinajstić information content (AvgIpc) is 2.61. The fraction of sp³-hybridized carbons (Fsp3) is 0.429. The Kier molecular flexibility index (Phi) is 3.30. The molecule has 2 rings (SSSR count). The maximum absolute atomic E-state index is 6.12. The second-order valence-electron chi connectivity index (χ2n) is 4.85. The van der Waals surface area contributed by atoms with Crippen LogP contribution in [-0.4, -0.2) is 6.04 Å². The molecule has 1 unspecified atom stereocenters. The molecule has 0 saturated carbocycles. The molecule has 0 saturated heterocycles. The van der Waals surface area contributed by atoms with E-state index in [-0.39, 0.29) is 6.04 Å². The topological polar surface area (TPSA) is 39.2 Å². The molecular weight excluding hydrogens is 198 g/mol. The molecule has 2 nitrogen and oxygen atoms in total. The van der Waals surface area contributed by atoms with Gasteiger partial charge in [0.1, 0.15) is 5.58 Å².